The van der Waals surface area contributed by atoms with Crippen LogP contribution in [0.25, 0.3) is 22.4 Å². The zero-order valence-corrected chi connectivity index (χ0v) is 22.4. The van der Waals surface area contributed by atoms with Crippen molar-refractivity contribution in [1.29, 1.82) is 0 Å². The quantitative estimate of drug-likeness (QED) is 0.195. The lowest BCUT2D eigenvalue weighted by molar-refractivity contribution is 0.102. The maximum Gasteiger partial charge on any atom is 0.255 e. The van der Waals surface area contributed by atoms with Gasteiger partial charge in [-0.05, 0) is 113 Å². The summed E-state index contributed by atoms with van der Waals surface area (Å²) in [6, 6.07) is 25.5. The number of hydrogen-bond donors (Lipinski definition) is 3. The first-order valence-corrected chi connectivity index (χ1v) is 12.7. The number of aryl methyl sites for hydroxylation is 2. The first-order valence-electron chi connectivity index (χ1n) is 11.9. The fourth-order valence-corrected chi connectivity index (χ4v) is 4.67. The second kappa shape index (κ2) is 10.5. The average Bonchev–Trinajstić information content (AvgIpc) is 3.30. The van der Waals surface area contributed by atoms with Gasteiger partial charge in [0.2, 0.25) is 0 Å². The van der Waals surface area contributed by atoms with E-state index in [-0.39, 0.29) is 5.91 Å². The minimum absolute atomic E-state index is 0.181. The average molecular weight is 555 g/mol. The van der Waals surface area contributed by atoms with E-state index in [2.05, 4.69) is 69.7 Å². The Morgan fingerprint density at radius 2 is 1.73 bits per heavy atom. The highest BCUT2D eigenvalue weighted by atomic mass is 79.9. The molecule has 0 bridgehead atoms. The van der Waals surface area contributed by atoms with Crippen molar-refractivity contribution in [1.82, 2.24) is 9.97 Å². The largest absolute Gasteiger partial charge is 0.496 e. The van der Waals surface area contributed by atoms with E-state index in [9.17, 15) is 4.79 Å². The highest BCUT2D eigenvalue weighted by Crippen LogP contribution is 2.27. The third kappa shape index (κ3) is 5.52. The van der Waals surface area contributed by atoms with Crippen LogP contribution in [0.15, 0.2) is 83.3 Å². The summed E-state index contributed by atoms with van der Waals surface area (Å²) < 4.78 is 5.97. The van der Waals surface area contributed by atoms with E-state index in [1.165, 1.54) is 11.1 Å². The summed E-state index contributed by atoms with van der Waals surface area (Å²) in [5.41, 5.74) is 8.89. The number of halogens is 1. The van der Waals surface area contributed by atoms with Crippen molar-refractivity contribution in [3.05, 3.63) is 106 Å². The van der Waals surface area contributed by atoms with Gasteiger partial charge >= 0.3 is 0 Å². The Morgan fingerprint density at radius 3 is 2.49 bits per heavy atom. The van der Waals surface area contributed by atoms with Crippen LogP contribution in [0.1, 0.15) is 27.0 Å². The minimum atomic E-state index is -0.181. The van der Waals surface area contributed by atoms with Crippen molar-refractivity contribution < 1.29 is 9.53 Å². The third-order valence-electron chi connectivity index (χ3n) is 6.35. The van der Waals surface area contributed by atoms with Gasteiger partial charge in [-0.15, -0.1) is 0 Å². The Bertz CT molecular complexity index is 1550. The normalized spacial score (nSPS) is 10.9. The molecule has 1 amide bonds. The number of rotatable bonds is 7. The topological polar surface area (TPSA) is 79.0 Å². The van der Waals surface area contributed by atoms with Crippen molar-refractivity contribution in [2.75, 3.05) is 17.7 Å². The first-order chi connectivity index (χ1) is 17.9. The molecule has 3 N–H and O–H groups in total. The molecule has 0 aliphatic rings. The molecule has 0 atom stereocenters. The van der Waals surface area contributed by atoms with Gasteiger partial charge in [0, 0.05) is 29.0 Å². The number of amides is 1. The van der Waals surface area contributed by atoms with Crippen molar-refractivity contribution in [2.45, 2.75) is 20.4 Å². The fourth-order valence-electron chi connectivity index (χ4n) is 4.13. The molecule has 0 radical (unpaired) electrons. The van der Waals surface area contributed by atoms with Gasteiger partial charge in [-0.25, -0.2) is 4.98 Å². The number of nitrogens with zero attached hydrogens (tertiary/aromatic N) is 1. The van der Waals surface area contributed by atoms with Crippen LogP contribution in [0.5, 0.6) is 5.75 Å². The van der Waals surface area contributed by atoms with Gasteiger partial charge in [0.1, 0.15) is 11.6 Å². The molecule has 5 rings (SSSR count). The van der Waals surface area contributed by atoms with E-state index >= 15 is 0 Å². The lowest BCUT2D eigenvalue weighted by atomic mass is 10.1. The van der Waals surface area contributed by atoms with Gasteiger partial charge in [-0.3, -0.25) is 4.79 Å². The molecular weight excluding hydrogens is 528 g/mol. The van der Waals surface area contributed by atoms with Gasteiger partial charge in [-0.2, -0.15) is 0 Å². The van der Waals surface area contributed by atoms with Gasteiger partial charge in [0.05, 0.1) is 22.6 Å². The van der Waals surface area contributed by atoms with E-state index in [1.807, 2.05) is 36.4 Å². The number of imidazole rings is 1. The molecule has 0 aliphatic heterocycles. The lowest BCUT2D eigenvalue weighted by Crippen LogP contribution is -2.12. The second-order valence-corrected chi connectivity index (χ2v) is 9.83. The summed E-state index contributed by atoms with van der Waals surface area (Å²) in [6.07, 6.45) is 0. The summed E-state index contributed by atoms with van der Waals surface area (Å²) in [4.78, 5) is 20.9. The molecule has 6 nitrogen and oxygen atoms in total. The van der Waals surface area contributed by atoms with E-state index < -0.39 is 0 Å². The molecule has 0 aliphatic carbocycles. The van der Waals surface area contributed by atoms with E-state index in [0.717, 1.165) is 43.8 Å². The number of nitrogens with one attached hydrogen (secondary N) is 3. The van der Waals surface area contributed by atoms with Crippen LogP contribution in [0.4, 0.5) is 11.4 Å². The first kappa shape index (κ1) is 24.6. The minimum Gasteiger partial charge on any atom is -0.496 e. The molecule has 1 heterocycles. The highest BCUT2D eigenvalue weighted by Gasteiger charge is 2.10. The summed E-state index contributed by atoms with van der Waals surface area (Å²) >= 11 is 3.43. The molecule has 7 heteroatoms. The number of H-pyrrole nitrogens is 1. The van der Waals surface area contributed by atoms with Gasteiger partial charge in [0.15, 0.2) is 0 Å². The molecule has 186 valence electrons. The number of ether oxygens (including phenoxy) is 1. The summed E-state index contributed by atoms with van der Waals surface area (Å²) in [5.74, 6) is 1.36. The molecule has 37 heavy (non-hydrogen) atoms. The van der Waals surface area contributed by atoms with Gasteiger partial charge in [-0.1, -0.05) is 12.1 Å². The Labute approximate surface area is 224 Å². The molecule has 0 saturated carbocycles. The van der Waals surface area contributed by atoms with E-state index in [4.69, 9.17) is 9.72 Å². The number of aromatic amines is 1. The zero-order chi connectivity index (χ0) is 25.9. The molecule has 0 unspecified atom stereocenters. The summed E-state index contributed by atoms with van der Waals surface area (Å²) in [5, 5.41) is 6.42. The Hall–Kier alpha value is -4.10. The standard InChI is InChI=1S/C30H27BrN4O2/c1-18-13-26-27(14-19(18)2)35-29(34-26)21-7-10-23(11-8-21)32-17-20-5-4-6-24(15-20)33-30(36)22-9-12-28(37-3)25(31)16-22/h4-16,32H,17H2,1-3H3,(H,33,36)(H,34,35). The monoisotopic (exact) mass is 554 g/mol. The number of benzene rings is 4. The van der Waals surface area contributed by atoms with Crippen LogP contribution in [0, 0.1) is 13.8 Å². The van der Waals surface area contributed by atoms with Gasteiger partial charge in [0.25, 0.3) is 5.91 Å². The number of aromatic nitrogens is 2. The highest BCUT2D eigenvalue weighted by molar-refractivity contribution is 9.10. The number of fused-ring (bicyclic) bond motifs is 1. The summed E-state index contributed by atoms with van der Waals surface area (Å²) in [6.45, 7) is 4.84. The van der Waals surface area contributed by atoms with Gasteiger partial charge < -0.3 is 20.4 Å². The van der Waals surface area contributed by atoms with E-state index in [1.54, 1.807) is 25.3 Å². The molecule has 0 fully saturated rings. The predicted molar refractivity (Wildman–Crippen MR) is 153 cm³/mol. The molecular formula is C30H27BrN4O2. The van der Waals surface area contributed by atoms with Crippen molar-refractivity contribution in [3.8, 4) is 17.1 Å². The summed E-state index contributed by atoms with van der Waals surface area (Å²) in [7, 11) is 1.59. The van der Waals surface area contributed by atoms with Crippen molar-refractivity contribution in [2.24, 2.45) is 0 Å². The Balaban J connectivity index is 1.22. The van der Waals surface area contributed by atoms with Crippen LogP contribution in [0.3, 0.4) is 0 Å². The number of hydrogen-bond acceptors (Lipinski definition) is 4. The molecule has 0 spiro atoms. The Kier molecular flexibility index (Phi) is 6.97. The second-order valence-electron chi connectivity index (χ2n) is 8.97. The third-order valence-corrected chi connectivity index (χ3v) is 6.97. The number of carbonyl (C=O) groups excluding carboxylic acids is 1. The van der Waals surface area contributed by atoms with Crippen molar-refractivity contribution in [3.63, 3.8) is 0 Å². The number of anilines is 2. The maximum atomic E-state index is 12.7. The molecule has 4 aromatic carbocycles. The van der Waals surface area contributed by atoms with Crippen LogP contribution in [0.2, 0.25) is 0 Å². The zero-order valence-electron chi connectivity index (χ0n) is 20.9. The SMILES string of the molecule is COc1ccc(C(=O)Nc2cccc(CNc3ccc(-c4nc5cc(C)c(C)cc5[nH]4)cc3)c2)cc1Br. The van der Waals surface area contributed by atoms with Crippen LogP contribution >= 0.6 is 15.9 Å². The molecule has 0 saturated heterocycles. The predicted octanol–water partition coefficient (Wildman–Crippen LogP) is 7.48. The molecule has 5 aromatic rings. The lowest BCUT2D eigenvalue weighted by Gasteiger charge is -2.11. The fraction of sp³-hybridized carbons (Fsp3) is 0.133. The molecule has 1 aromatic heterocycles. The Morgan fingerprint density at radius 1 is 0.946 bits per heavy atom. The van der Waals surface area contributed by atoms with Crippen LogP contribution in [-0.2, 0) is 6.54 Å². The van der Waals surface area contributed by atoms with Crippen molar-refractivity contribution >= 4 is 44.2 Å². The smallest absolute Gasteiger partial charge is 0.255 e. The van der Waals surface area contributed by atoms with Crippen LogP contribution < -0.4 is 15.4 Å². The maximum absolute atomic E-state index is 12.7. The number of carbonyl (C=O) groups is 1. The van der Waals surface area contributed by atoms with Crippen LogP contribution in [-0.4, -0.2) is 23.0 Å². The van der Waals surface area contributed by atoms with E-state index in [0.29, 0.717) is 17.9 Å². The number of methoxy groups -OCH3 is 1.